The third-order valence-corrected chi connectivity index (χ3v) is 3.53. The van der Waals surface area contributed by atoms with Crippen LogP contribution in [-0.2, 0) is 13.2 Å². The molecule has 124 valence electrons. The van der Waals surface area contributed by atoms with Crippen molar-refractivity contribution in [3.63, 3.8) is 0 Å². The summed E-state index contributed by atoms with van der Waals surface area (Å²) in [5, 5.41) is 21.4. The number of methoxy groups -OCH3 is 1. The Hall–Kier alpha value is -2.93. The maximum Gasteiger partial charge on any atom is 0.162 e. The molecule has 0 aliphatic carbocycles. The zero-order valence-electron chi connectivity index (χ0n) is 13.2. The normalized spacial score (nSPS) is 11.9. The second-order valence-electron chi connectivity index (χ2n) is 5.22. The summed E-state index contributed by atoms with van der Waals surface area (Å²) in [5.74, 6) is 1.53. The topological polar surface area (TPSA) is 82.3 Å². The van der Waals surface area contributed by atoms with Gasteiger partial charge in [0.1, 0.15) is 24.2 Å². The van der Waals surface area contributed by atoms with Crippen molar-refractivity contribution in [2.75, 3.05) is 7.11 Å². The number of aliphatic hydroxyl groups is 1. The Bertz CT molecular complexity index is 760. The lowest BCUT2D eigenvalue weighted by atomic mass is 10.1. The molecule has 3 rings (SSSR count). The van der Waals surface area contributed by atoms with Gasteiger partial charge in [-0.15, -0.1) is 10.2 Å². The summed E-state index contributed by atoms with van der Waals surface area (Å²) in [7, 11) is 1.64. The molecule has 0 saturated heterocycles. The lowest BCUT2D eigenvalue weighted by molar-refractivity contribution is 0.144. The van der Waals surface area contributed by atoms with Crippen LogP contribution in [0.5, 0.6) is 11.5 Å². The Morgan fingerprint density at radius 3 is 2.67 bits per heavy atom. The number of nitrogens with zero attached hydrogens (tertiary/aromatic N) is 4. The average Bonchev–Trinajstić information content (AvgIpc) is 3.13. The van der Waals surface area contributed by atoms with E-state index in [0.717, 1.165) is 22.6 Å². The van der Waals surface area contributed by atoms with Crippen molar-refractivity contribution < 1.29 is 14.6 Å². The van der Waals surface area contributed by atoms with Crippen LogP contribution in [0.15, 0.2) is 54.9 Å². The van der Waals surface area contributed by atoms with Crippen molar-refractivity contribution in [3.05, 3.63) is 66.0 Å². The predicted octanol–water partition coefficient (Wildman–Crippen LogP) is 1.99. The summed E-state index contributed by atoms with van der Waals surface area (Å²) in [6.45, 7) is 0.700. The number of aliphatic hydroxyl groups excluding tert-OH is 1. The van der Waals surface area contributed by atoms with E-state index in [4.69, 9.17) is 9.47 Å². The second kappa shape index (κ2) is 7.56. The molecule has 1 atom stereocenters. The first-order valence-electron chi connectivity index (χ1n) is 7.49. The van der Waals surface area contributed by atoms with E-state index >= 15 is 0 Å². The van der Waals surface area contributed by atoms with Crippen LogP contribution in [0.4, 0.5) is 0 Å². The van der Waals surface area contributed by atoms with Gasteiger partial charge in [0.05, 0.1) is 13.7 Å². The van der Waals surface area contributed by atoms with Crippen molar-refractivity contribution >= 4 is 0 Å². The summed E-state index contributed by atoms with van der Waals surface area (Å²) in [4.78, 5) is 1.35. The van der Waals surface area contributed by atoms with Crippen LogP contribution < -0.4 is 9.47 Å². The largest absolute Gasteiger partial charge is 0.497 e. The summed E-state index contributed by atoms with van der Waals surface area (Å²) < 4.78 is 10.9. The molecular formula is C17H18N4O3. The van der Waals surface area contributed by atoms with E-state index in [9.17, 15) is 5.11 Å². The quantitative estimate of drug-likeness (QED) is 0.715. The zero-order chi connectivity index (χ0) is 16.8. The molecule has 1 aromatic heterocycles. The van der Waals surface area contributed by atoms with Gasteiger partial charge >= 0.3 is 0 Å². The highest BCUT2D eigenvalue weighted by molar-refractivity contribution is 5.30. The summed E-state index contributed by atoms with van der Waals surface area (Å²) in [6, 6.07) is 15.0. The molecule has 0 aliphatic heterocycles. The number of ether oxygens (including phenoxy) is 2. The maximum atomic E-state index is 10.2. The highest BCUT2D eigenvalue weighted by Gasteiger charge is 2.10. The minimum absolute atomic E-state index is 0.254. The van der Waals surface area contributed by atoms with Crippen LogP contribution in [0.2, 0.25) is 0 Å². The smallest absolute Gasteiger partial charge is 0.162 e. The Balaban J connectivity index is 1.57. The maximum absolute atomic E-state index is 10.2. The molecule has 0 fully saturated rings. The predicted molar refractivity (Wildman–Crippen MR) is 86.5 cm³/mol. The molecule has 0 bridgehead atoms. The molecule has 1 N–H and O–H groups in total. The van der Waals surface area contributed by atoms with E-state index in [1.165, 1.54) is 11.1 Å². The van der Waals surface area contributed by atoms with Crippen LogP contribution in [0.1, 0.15) is 17.2 Å². The number of hydrogen-bond donors (Lipinski definition) is 1. The summed E-state index contributed by atoms with van der Waals surface area (Å²) in [5.41, 5.74) is 1.79. The lowest BCUT2D eigenvalue weighted by Gasteiger charge is -2.11. The average molecular weight is 326 g/mol. The molecule has 1 unspecified atom stereocenters. The van der Waals surface area contributed by atoms with E-state index in [0.29, 0.717) is 6.61 Å². The van der Waals surface area contributed by atoms with E-state index in [1.807, 2.05) is 48.5 Å². The molecule has 0 spiro atoms. The van der Waals surface area contributed by atoms with E-state index < -0.39 is 6.10 Å². The molecule has 24 heavy (non-hydrogen) atoms. The summed E-state index contributed by atoms with van der Waals surface area (Å²) in [6.07, 6.45) is 0.633. The minimum Gasteiger partial charge on any atom is -0.497 e. The molecule has 0 radical (unpaired) electrons. The highest BCUT2D eigenvalue weighted by Crippen LogP contribution is 2.20. The van der Waals surface area contributed by atoms with Crippen LogP contribution in [-0.4, -0.2) is 32.4 Å². The Kier molecular flexibility index (Phi) is 5.02. The van der Waals surface area contributed by atoms with Gasteiger partial charge in [-0.25, -0.2) is 0 Å². The van der Waals surface area contributed by atoms with Gasteiger partial charge in [-0.05, 0) is 40.6 Å². The Morgan fingerprint density at radius 1 is 1.12 bits per heavy atom. The number of rotatable bonds is 7. The van der Waals surface area contributed by atoms with Crippen LogP contribution in [0.25, 0.3) is 0 Å². The van der Waals surface area contributed by atoms with Gasteiger partial charge in [-0.1, -0.05) is 24.3 Å². The van der Waals surface area contributed by atoms with Gasteiger partial charge in [0.15, 0.2) is 6.33 Å². The number of aromatic nitrogens is 4. The zero-order valence-corrected chi connectivity index (χ0v) is 13.2. The molecule has 1 heterocycles. The number of tetrazole rings is 1. The third kappa shape index (κ3) is 4.08. The van der Waals surface area contributed by atoms with E-state index in [1.54, 1.807) is 7.11 Å². The van der Waals surface area contributed by atoms with Gasteiger partial charge in [-0.3, -0.25) is 0 Å². The van der Waals surface area contributed by atoms with Crippen LogP contribution in [0, 0.1) is 0 Å². The fraction of sp³-hybridized carbons (Fsp3) is 0.235. The van der Waals surface area contributed by atoms with Gasteiger partial charge in [0.25, 0.3) is 0 Å². The molecule has 2 aromatic carbocycles. The summed E-state index contributed by atoms with van der Waals surface area (Å²) >= 11 is 0. The number of hydrogen-bond acceptors (Lipinski definition) is 6. The van der Waals surface area contributed by atoms with Gasteiger partial charge < -0.3 is 14.6 Å². The van der Waals surface area contributed by atoms with Crippen molar-refractivity contribution in [1.82, 2.24) is 20.2 Å². The minimum atomic E-state index is -0.702. The van der Waals surface area contributed by atoms with Crippen LogP contribution >= 0.6 is 0 Å². The lowest BCUT2D eigenvalue weighted by Crippen LogP contribution is -2.11. The molecule has 7 heteroatoms. The fourth-order valence-corrected chi connectivity index (χ4v) is 2.25. The highest BCUT2D eigenvalue weighted by atomic mass is 16.5. The third-order valence-electron chi connectivity index (χ3n) is 3.53. The molecular weight excluding hydrogens is 308 g/mol. The second-order valence-corrected chi connectivity index (χ2v) is 5.22. The number of benzene rings is 2. The van der Waals surface area contributed by atoms with Gasteiger partial charge in [0.2, 0.25) is 0 Å². The monoisotopic (exact) mass is 326 g/mol. The Labute approximate surface area is 139 Å². The molecule has 0 amide bonds. The SMILES string of the molecule is COc1cccc(COc2ccc(C(O)Cn3ncnn3)cc2)c1. The van der Waals surface area contributed by atoms with Crippen LogP contribution in [0.3, 0.4) is 0 Å². The standard InChI is InChI=1S/C17H18N4O3/c1-23-16-4-2-3-13(9-16)11-24-15-7-5-14(6-8-15)17(22)10-21-19-12-18-20-21/h2-9,12,17,22H,10-11H2,1H3. The fourth-order valence-electron chi connectivity index (χ4n) is 2.25. The first-order valence-corrected chi connectivity index (χ1v) is 7.49. The molecule has 0 aliphatic rings. The van der Waals surface area contributed by atoms with Crippen molar-refractivity contribution in [2.45, 2.75) is 19.3 Å². The molecule has 3 aromatic rings. The van der Waals surface area contributed by atoms with Crippen molar-refractivity contribution in [1.29, 1.82) is 0 Å². The Morgan fingerprint density at radius 2 is 1.96 bits per heavy atom. The van der Waals surface area contributed by atoms with Gasteiger partial charge in [0, 0.05) is 0 Å². The van der Waals surface area contributed by atoms with E-state index in [-0.39, 0.29) is 6.54 Å². The first kappa shape index (κ1) is 15.9. The van der Waals surface area contributed by atoms with Crippen molar-refractivity contribution in [3.8, 4) is 11.5 Å². The van der Waals surface area contributed by atoms with E-state index in [2.05, 4.69) is 15.4 Å². The molecule has 7 nitrogen and oxygen atoms in total. The van der Waals surface area contributed by atoms with Crippen molar-refractivity contribution in [2.24, 2.45) is 0 Å². The molecule has 0 saturated carbocycles. The first-order chi connectivity index (χ1) is 11.7. The van der Waals surface area contributed by atoms with Gasteiger partial charge in [-0.2, -0.15) is 4.80 Å².